The van der Waals surface area contributed by atoms with Crippen LogP contribution in [0.5, 0.6) is 5.75 Å². The molecule has 0 atom stereocenters. The lowest BCUT2D eigenvalue weighted by Crippen LogP contribution is -2.19. The largest absolute Gasteiger partial charge is 0.508 e. The van der Waals surface area contributed by atoms with Gasteiger partial charge in [-0.2, -0.15) is 0 Å². The summed E-state index contributed by atoms with van der Waals surface area (Å²) < 4.78 is 8.06. The van der Waals surface area contributed by atoms with E-state index in [9.17, 15) is 14.7 Å². The Morgan fingerprint density at radius 3 is 2.67 bits per heavy atom. The maximum atomic E-state index is 11.7. The lowest BCUT2D eigenvalue weighted by atomic mass is 10.1. The quantitative estimate of drug-likeness (QED) is 0.523. The summed E-state index contributed by atoms with van der Waals surface area (Å²) in [6, 6.07) is 5.41. The third-order valence-electron chi connectivity index (χ3n) is 2.55. The highest BCUT2D eigenvalue weighted by Crippen LogP contribution is 2.26. The summed E-state index contributed by atoms with van der Waals surface area (Å²) in [4.78, 5) is 23.2. The van der Waals surface area contributed by atoms with Crippen LogP contribution in [-0.4, -0.2) is 21.5 Å². The molecule has 5 nitrogen and oxygen atoms in total. The molecule has 0 saturated carbocycles. The predicted molar refractivity (Wildman–Crippen MR) is 79.1 cm³/mol. The van der Waals surface area contributed by atoms with E-state index in [1.807, 2.05) is 0 Å². The van der Waals surface area contributed by atoms with Crippen LogP contribution in [0.15, 0.2) is 33.5 Å². The van der Waals surface area contributed by atoms with Gasteiger partial charge < -0.3 is 14.3 Å². The fourth-order valence-electron chi connectivity index (χ4n) is 1.73. The predicted octanol–water partition coefficient (Wildman–Crippen LogP) is 2.95. The second-order valence-electron chi connectivity index (χ2n) is 4.22. The Balaban J connectivity index is 2.26. The molecule has 1 heterocycles. The van der Waals surface area contributed by atoms with Gasteiger partial charge >= 0.3 is 11.6 Å². The van der Waals surface area contributed by atoms with E-state index < -0.39 is 22.0 Å². The molecule has 0 fully saturated rings. The minimum atomic E-state index is -1.70. The SMILES string of the molecule is O=C(Cc1cc(=O)oc2cc(O)ccc12)OCC(Cl)(Cl)Cl. The molecule has 1 aromatic heterocycles. The zero-order valence-corrected chi connectivity index (χ0v) is 12.7. The van der Waals surface area contributed by atoms with Gasteiger partial charge in [0.2, 0.25) is 3.79 Å². The zero-order chi connectivity index (χ0) is 15.6. The number of carbonyl (C=O) groups is 1. The van der Waals surface area contributed by atoms with Crippen molar-refractivity contribution in [2.24, 2.45) is 0 Å². The molecule has 1 N–H and O–H groups in total. The van der Waals surface area contributed by atoms with Gasteiger partial charge in [0, 0.05) is 17.5 Å². The van der Waals surface area contributed by atoms with E-state index in [0.717, 1.165) is 0 Å². The number of phenols is 1. The monoisotopic (exact) mass is 350 g/mol. The van der Waals surface area contributed by atoms with Crippen molar-refractivity contribution < 1.29 is 19.1 Å². The fourth-order valence-corrected chi connectivity index (χ4v) is 1.90. The van der Waals surface area contributed by atoms with Crippen LogP contribution in [0, 0.1) is 0 Å². The Labute approximate surface area is 134 Å². The van der Waals surface area contributed by atoms with Gasteiger partial charge in [-0.15, -0.1) is 0 Å². The van der Waals surface area contributed by atoms with Crippen LogP contribution in [0.3, 0.4) is 0 Å². The number of fused-ring (bicyclic) bond motifs is 1. The Hall–Kier alpha value is -1.43. The van der Waals surface area contributed by atoms with E-state index in [2.05, 4.69) is 0 Å². The summed E-state index contributed by atoms with van der Waals surface area (Å²) in [5, 5.41) is 9.88. The highest BCUT2D eigenvalue weighted by atomic mass is 35.6. The topological polar surface area (TPSA) is 76.7 Å². The molecule has 2 rings (SSSR count). The average molecular weight is 352 g/mol. The molecule has 0 amide bonds. The number of ether oxygens (including phenoxy) is 1. The van der Waals surface area contributed by atoms with Crippen molar-refractivity contribution in [3.05, 3.63) is 40.2 Å². The standard InChI is InChI=1S/C13H9Cl3O5/c14-13(15,16)6-20-11(18)3-7-4-12(19)21-10-5-8(17)1-2-9(7)10/h1-2,4-5,17H,3,6H2. The number of alkyl halides is 3. The first-order valence-electron chi connectivity index (χ1n) is 5.73. The van der Waals surface area contributed by atoms with E-state index in [1.165, 1.54) is 24.3 Å². The third kappa shape index (κ3) is 4.52. The van der Waals surface area contributed by atoms with Crippen LogP contribution in [0.25, 0.3) is 11.0 Å². The van der Waals surface area contributed by atoms with Gasteiger partial charge in [0.05, 0.1) is 6.42 Å². The first-order chi connectivity index (χ1) is 9.74. The number of benzene rings is 1. The molecule has 0 radical (unpaired) electrons. The fraction of sp³-hybridized carbons (Fsp3) is 0.231. The summed E-state index contributed by atoms with van der Waals surface area (Å²) in [6.07, 6.45) is -0.187. The van der Waals surface area contributed by atoms with Crippen LogP contribution in [-0.2, 0) is 16.0 Å². The van der Waals surface area contributed by atoms with Crippen LogP contribution < -0.4 is 5.63 Å². The Bertz CT molecular complexity index is 733. The van der Waals surface area contributed by atoms with Gasteiger partial charge in [-0.25, -0.2) is 4.79 Å². The average Bonchev–Trinajstić information content (AvgIpc) is 2.34. The van der Waals surface area contributed by atoms with Crippen LogP contribution in [0.4, 0.5) is 0 Å². The van der Waals surface area contributed by atoms with E-state index in [1.54, 1.807) is 0 Å². The van der Waals surface area contributed by atoms with Crippen molar-refractivity contribution in [1.82, 2.24) is 0 Å². The van der Waals surface area contributed by atoms with Gasteiger partial charge in [0.15, 0.2) is 0 Å². The molecule has 1 aromatic carbocycles. The molecule has 2 aromatic rings. The summed E-state index contributed by atoms with van der Waals surface area (Å²) in [5.74, 6) is -0.706. The molecule has 0 bridgehead atoms. The molecule has 112 valence electrons. The lowest BCUT2D eigenvalue weighted by molar-refractivity contribution is -0.142. The molecule has 0 aliphatic rings. The van der Waals surface area contributed by atoms with Gasteiger partial charge in [0.1, 0.15) is 17.9 Å². The molecule has 0 aliphatic heterocycles. The summed E-state index contributed by atoms with van der Waals surface area (Å²) in [5.41, 5.74) is -0.0699. The van der Waals surface area contributed by atoms with Crippen molar-refractivity contribution in [3.8, 4) is 5.75 Å². The van der Waals surface area contributed by atoms with Crippen molar-refractivity contribution in [3.63, 3.8) is 0 Å². The highest BCUT2D eigenvalue weighted by Gasteiger charge is 2.22. The summed E-state index contributed by atoms with van der Waals surface area (Å²) in [7, 11) is 0. The number of aromatic hydroxyl groups is 1. The molecule has 21 heavy (non-hydrogen) atoms. The molecule has 8 heteroatoms. The molecule has 0 aliphatic carbocycles. The molecular formula is C13H9Cl3O5. The second kappa shape index (κ2) is 6.13. The number of halogens is 3. The van der Waals surface area contributed by atoms with Crippen LogP contribution in [0.2, 0.25) is 0 Å². The van der Waals surface area contributed by atoms with E-state index in [4.69, 9.17) is 44.0 Å². The highest BCUT2D eigenvalue weighted by molar-refractivity contribution is 6.67. The number of esters is 1. The van der Waals surface area contributed by atoms with Crippen molar-refractivity contribution in [1.29, 1.82) is 0 Å². The number of hydrogen-bond acceptors (Lipinski definition) is 5. The molecule has 0 unspecified atom stereocenters. The zero-order valence-electron chi connectivity index (χ0n) is 10.4. The first kappa shape index (κ1) is 15.9. The van der Waals surface area contributed by atoms with E-state index in [-0.39, 0.29) is 17.8 Å². The Morgan fingerprint density at radius 1 is 1.29 bits per heavy atom. The number of hydrogen-bond donors (Lipinski definition) is 1. The van der Waals surface area contributed by atoms with Gasteiger partial charge in [-0.05, 0) is 17.7 Å². The maximum Gasteiger partial charge on any atom is 0.336 e. The summed E-state index contributed by atoms with van der Waals surface area (Å²) >= 11 is 16.4. The van der Waals surface area contributed by atoms with Gasteiger partial charge in [0.25, 0.3) is 0 Å². The second-order valence-corrected chi connectivity index (χ2v) is 6.74. The van der Waals surface area contributed by atoms with E-state index in [0.29, 0.717) is 10.9 Å². The van der Waals surface area contributed by atoms with Crippen LogP contribution >= 0.6 is 34.8 Å². The van der Waals surface area contributed by atoms with Crippen molar-refractivity contribution in [2.75, 3.05) is 6.61 Å². The normalized spacial score (nSPS) is 11.6. The Morgan fingerprint density at radius 2 is 2.00 bits per heavy atom. The van der Waals surface area contributed by atoms with Crippen LogP contribution in [0.1, 0.15) is 5.56 Å². The molecule has 0 spiro atoms. The third-order valence-corrected chi connectivity index (χ3v) is 2.87. The van der Waals surface area contributed by atoms with Gasteiger partial charge in [-0.3, -0.25) is 4.79 Å². The minimum Gasteiger partial charge on any atom is -0.508 e. The number of rotatable bonds is 3. The minimum absolute atomic E-state index is 0.0541. The maximum absolute atomic E-state index is 11.7. The number of phenolic OH excluding ortho intramolecular Hbond substituents is 1. The summed E-state index contributed by atoms with van der Waals surface area (Å²) in [6.45, 7) is -0.392. The van der Waals surface area contributed by atoms with Crippen molar-refractivity contribution >= 4 is 51.7 Å². The van der Waals surface area contributed by atoms with Gasteiger partial charge in [-0.1, -0.05) is 34.8 Å². The molecule has 0 saturated heterocycles. The molecular weight excluding hydrogens is 342 g/mol. The first-order valence-corrected chi connectivity index (χ1v) is 6.86. The Kier molecular flexibility index (Phi) is 4.66. The van der Waals surface area contributed by atoms with E-state index >= 15 is 0 Å². The van der Waals surface area contributed by atoms with Crippen molar-refractivity contribution in [2.45, 2.75) is 10.2 Å². The number of carbonyl (C=O) groups excluding carboxylic acids is 1. The smallest absolute Gasteiger partial charge is 0.336 e. The lowest BCUT2D eigenvalue weighted by Gasteiger charge is -2.11.